The van der Waals surface area contributed by atoms with E-state index in [1.54, 1.807) is 24.3 Å². The van der Waals surface area contributed by atoms with Gasteiger partial charge in [0.25, 0.3) is 0 Å². The molecule has 0 aliphatic heterocycles. The lowest BCUT2D eigenvalue weighted by Crippen LogP contribution is -2.04. The Hall–Kier alpha value is -2.11. The van der Waals surface area contributed by atoms with Crippen LogP contribution in [0.25, 0.3) is 0 Å². The highest BCUT2D eigenvalue weighted by Gasteiger charge is 2.16. The van der Waals surface area contributed by atoms with Crippen LogP contribution in [-0.2, 0) is 0 Å². The fourth-order valence-electron chi connectivity index (χ4n) is 1.71. The molecule has 1 unspecified atom stereocenters. The number of nitro groups is 1. The molecule has 0 radical (unpaired) electrons. The molecule has 1 atom stereocenters. The first-order chi connectivity index (χ1) is 9.47. The highest BCUT2D eigenvalue weighted by atomic mass is 35.5. The first-order valence-electron chi connectivity index (χ1n) is 5.94. The average molecular weight is 293 g/mol. The van der Waals surface area contributed by atoms with E-state index in [1.807, 2.05) is 13.0 Å². The third kappa shape index (κ3) is 3.26. The zero-order valence-electron chi connectivity index (χ0n) is 10.7. The first kappa shape index (κ1) is 14.3. The third-order valence-electron chi connectivity index (χ3n) is 2.73. The van der Waals surface area contributed by atoms with Crippen LogP contribution < -0.4 is 10.5 Å². The van der Waals surface area contributed by atoms with Crippen molar-refractivity contribution in [1.29, 1.82) is 0 Å². The molecule has 0 bridgehead atoms. The van der Waals surface area contributed by atoms with Crippen LogP contribution >= 0.6 is 11.6 Å². The zero-order chi connectivity index (χ0) is 14.7. The van der Waals surface area contributed by atoms with Gasteiger partial charge in [0.2, 0.25) is 5.75 Å². The van der Waals surface area contributed by atoms with Crippen LogP contribution in [-0.4, -0.2) is 4.92 Å². The minimum Gasteiger partial charge on any atom is -0.450 e. The Balaban J connectivity index is 2.35. The Kier molecular flexibility index (Phi) is 4.22. The van der Waals surface area contributed by atoms with E-state index in [9.17, 15) is 10.1 Å². The van der Waals surface area contributed by atoms with Gasteiger partial charge in [0.1, 0.15) is 5.75 Å². The number of hydrogen-bond acceptors (Lipinski definition) is 4. The summed E-state index contributed by atoms with van der Waals surface area (Å²) in [5.74, 6) is 0.631. The fraction of sp³-hybridized carbons (Fsp3) is 0.143. The summed E-state index contributed by atoms with van der Waals surface area (Å²) in [5, 5.41) is 11.3. The second-order valence-electron chi connectivity index (χ2n) is 4.33. The Morgan fingerprint density at radius 3 is 2.70 bits per heavy atom. The molecule has 5 nitrogen and oxygen atoms in total. The molecule has 2 rings (SSSR count). The maximum atomic E-state index is 11.0. The van der Waals surface area contributed by atoms with Crippen molar-refractivity contribution in [3.63, 3.8) is 0 Å². The summed E-state index contributed by atoms with van der Waals surface area (Å²) in [5.41, 5.74) is 6.50. The smallest absolute Gasteiger partial charge is 0.313 e. The molecule has 104 valence electrons. The number of nitrogens with zero attached hydrogens (tertiary/aromatic N) is 1. The van der Waals surface area contributed by atoms with Gasteiger partial charge >= 0.3 is 5.69 Å². The van der Waals surface area contributed by atoms with Gasteiger partial charge in [-0.1, -0.05) is 23.7 Å². The average Bonchev–Trinajstić information content (AvgIpc) is 2.41. The lowest BCUT2D eigenvalue weighted by atomic mass is 10.1. The van der Waals surface area contributed by atoms with E-state index < -0.39 is 4.92 Å². The highest BCUT2D eigenvalue weighted by Crippen LogP contribution is 2.34. The van der Waals surface area contributed by atoms with E-state index in [1.165, 1.54) is 12.1 Å². The van der Waals surface area contributed by atoms with Gasteiger partial charge in [0.05, 0.1) is 4.92 Å². The molecular weight excluding hydrogens is 280 g/mol. The van der Waals surface area contributed by atoms with Crippen LogP contribution in [0.1, 0.15) is 18.5 Å². The molecule has 0 heterocycles. The van der Waals surface area contributed by atoms with Gasteiger partial charge in [0.15, 0.2) is 0 Å². The van der Waals surface area contributed by atoms with Crippen molar-refractivity contribution in [3.8, 4) is 11.5 Å². The van der Waals surface area contributed by atoms with Gasteiger partial charge < -0.3 is 10.5 Å². The van der Waals surface area contributed by atoms with Gasteiger partial charge in [-0.3, -0.25) is 10.1 Å². The molecule has 0 spiro atoms. The normalized spacial score (nSPS) is 11.9. The van der Waals surface area contributed by atoms with E-state index in [0.29, 0.717) is 5.75 Å². The molecule has 0 fully saturated rings. The van der Waals surface area contributed by atoms with Crippen molar-refractivity contribution in [1.82, 2.24) is 0 Å². The number of nitro benzene ring substituents is 1. The number of nitrogens with two attached hydrogens (primary N) is 1. The second kappa shape index (κ2) is 5.90. The molecule has 0 aromatic heterocycles. The molecule has 6 heteroatoms. The van der Waals surface area contributed by atoms with E-state index in [-0.39, 0.29) is 22.5 Å². The summed E-state index contributed by atoms with van der Waals surface area (Å²) in [6.45, 7) is 1.85. The Bertz CT molecular complexity index is 644. The molecule has 0 aliphatic rings. The number of benzene rings is 2. The van der Waals surface area contributed by atoms with Crippen molar-refractivity contribution >= 4 is 17.3 Å². The van der Waals surface area contributed by atoms with Crippen LogP contribution in [0.3, 0.4) is 0 Å². The number of ether oxygens (including phenoxy) is 1. The van der Waals surface area contributed by atoms with Crippen LogP contribution in [0.5, 0.6) is 11.5 Å². The molecule has 0 saturated carbocycles. The Morgan fingerprint density at radius 1 is 1.30 bits per heavy atom. The van der Waals surface area contributed by atoms with E-state index in [4.69, 9.17) is 22.1 Å². The molecule has 0 saturated heterocycles. The Morgan fingerprint density at radius 2 is 2.05 bits per heavy atom. The number of hydrogen-bond donors (Lipinski definition) is 1. The molecular formula is C14H13ClN2O3. The summed E-state index contributed by atoms with van der Waals surface area (Å²) < 4.78 is 5.56. The van der Waals surface area contributed by atoms with Gasteiger partial charge in [-0.05, 0) is 36.8 Å². The topological polar surface area (TPSA) is 78.4 Å². The van der Waals surface area contributed by atoms with Crippen LogP contribution in [0, 0.1) is 10.1 Å². The zero-order valence-corrected chi connectivity index (χ0v) is 11.5. The standard InChI is InChI=1S/C14H13ClN2O3/c1-9(16)10-3-2-4-12(7-10)20-14-6-5-11(15)8-13(14)17(18)19/h2-9H,16H2,1H3. The first-order valence-corrected chi connectivity index (χ1v) is 6.32. The maximum Gasteiger partial charge on any atom is 0.313 e. The lowest BCUT2D eigenvalue weighted by molar-refractivity contribution is -0.385. The fourth-order valence-corrected chi connectivity index (χ4v) is 1.87. The van der Waals surface area contributed by atoms with E-state index in [0.717, 1.165) is 5.56 Å². The minimum atomic E-state index is -0.531. The Labute approximate surface area is 121 Å². The molecule has 20 heavy (non-hydrogen) atoms. The van der Waals surface area contributed by atoms with Crippen molar-refractivity contribution in [2.45, 2.75) is 13.0 Å². The third-order valence-corrected chi connectivity index (χ3v) is 2.96. The maximum absolute atomic E-state index is 11.0. The van der Waals surface area contributed by atoms with Crippen molar-refractivity contribution in [3.05, 3.63) is 63.2 Å². The van der Waals surface area contributed by atoms with Crippen molar-refractivity contribution in [2.24, 2.45) is 5.73 Å². The van der Waals surface area contributed by atoms with Crippen LogP contribution in [0.4, 0.5) is 5.69 Å². The summed E-state index contributed by atoms with van der Waals surface area (Å²) in [6.07, 6.45) is 0. The monoisotopic (exact) mass is 292 g/mol. The van der Waals surface area contributed by atoms with Gasteiger partial charge in [-0.2, -0.15) is 0 Å². The second-order valence-corrected chi connectivity index (χ2v) is 4.77. The van der Waals surface area contributed by atoms with Crippen LogP contribution in [0.2, 0.25) is 5.02 Å². The quantitative estimate of drug-likeness (QED) is 0.681. The molecule has 2 aromatic carbocycles. The summed E-state index contributed by atoms with van der Waals surface area (Å²) in [6, 6.07) is 11.3. The largest absolute Gasteiger partial charge is 0.450 e. The lowest BCUT2D eigenvalue weighted by Gasteiger charge is -2.10. The van der Waals surface area contributed by atoms with Crippen molar-refractivity contribution in [2.75, 3.05) is 0 Å². The molecule has 2 aromatic rings. The summed E-state index contributed by atoms with van der Waals surface area (Å²) >= 11 is 5.75. The summed E-state index contributed by atoms with van der Waals surface area (Å²) in [4.78, 5) is 10.5. The molecule has 2 N–H and O–H groups in total. The van der Waals surface area contributed by atoms with E-state index >= 15 is 0 Å². The van der Waals surface area contributed by atoms with E-state index in [2.05, 4.69) is 0 Å². The highest BCUT2D eigenvalue weighted by molar-refractivity contribution is 6.30. The van der Waals surface area contributed by atoms with Gasteiger partial charge in [-0.15, -0.1) is 0 Å². The van der Waals surface area contributed by atoms with Crippen LogP contribution in [0.15, 0.2) is 42.5 Å². The minimum absolute atomic E-state index is 0.140. The molecule has 0 aliphatic carbocycles. The molecule has 0 amide bonds. The predicted octanol–water partition coefficient (Wildman–Crippen LogP) is 4.06. The predicted molar refractivity (Wildman–Crippen MR) is 77.2 cm³/mol. The summed E-state index contributed by atoms with van der Waals surface area (Å²) in [7, 11) is 0. The number of rotatable bonds is 4. The number of halogens is 1. The van der Waals surface area contributed by atoms with Gasteiger partial charge in [0, 0.05) is 17.1 Å². The SMILES string of the molecule is CC(N)c1cccc(Oc2ccc(Cl)cc2[N+](=O)[O-])c1. The van der Waals surface area contributed by atoms with Crippen molar-refractivity contribution < 1.29 is 9.66 Å². The van der Waals surface area contributed by atoms with Gasteiger partial charge in [-0.25, -0.2) is 0 Å².